The van der Waals surface area contributed by atoms with Gasteiger partial charge in [-0.3, -0.25) is 9.69 Å². The first-order valence-electron chi connectivity index (χ1n) is 6.71. The Morgan fingerprint density at radius 2 is 2.21 bits per heavy atom. The minimum Gasteiger partial charge on any atom is -0.396 e. The maximum Gasteiger partial charge on any atom is 0.223 e. The molecule has 0 aliphatic heterocycles. The Hall–Kier alpha value is -0.980. The summed E-state index contributed by atoms with van der Waals surface area (Å²) < 4.78 is 0. The summed E-state index contributed by atoms with van der Waals surface area (Å²) >= 11 is 1.45. The lowest BCUT2D eigenvalue weighted by Gasteiger charge is -2.20. The molecule has 0 atom stereocenters. The van der Waals surface area contributed by atoms with Gasteiger partial charge in [-0.15, -0.1) is 11.3 Å². The first-order valence-corrected chi connectivity index (χ1v) is 7.59. The van der Waals surface area contributed by atoms with Crippen LogP contribution in [0.1, 0.15) is 38.8 Å². The molecule has 1 amide bonds. The third kappa shape index (κ3) is 6.66. The molecule has 1 aromatic rings. The van der Waals surface area contributed by atoms with E-state index in [0.717, 1.165) is 44.6 Å². The lowest BCUT2D eigenvalue weighted by atomic mass is 10.3. The third-order valence-electron chi connectivity index (χ3n) is 2.68. The Balaban J connectivity index is 2.51. The highest BCUT2D eigenvalue weighted by atomic mass is 32.1. The van der Waals surface area contributed by atoms with E-state index in [1.807, 2.05) is 5.38 Å². The molecule has 1 rings (SSSR count). The van der Waals surface area contributed by atoms with Crippen molar-refractivity contribution >= 4 is 22.4 Å². The van der Waals surface area contributed by atoms with Crippen LogP contribution in [0.4, 0.5) is 5.13 Å². The Bertz CT molecular complexity index is 374. The lowest BCUT2D eigenvalue weighted by molar-refractivity contribution is -0.114. The van der Waals surface area contributed by atoms with E-state index in [1.165, 1.54) is 18.3 Å². The van der Waals surface area contributed by atoms with Gasteiger partial charge in [-0.05, 0) is 19.4 Å². The highest BCUT2D eigenvalue weighted by Gasteiger charge is 2.09. The second-order valence-electron chi connectivity index (χ2n) is 4.53. The number of carbonyl (C=O) groups excluding carboxylic acids is 1. The highest BCUT2D eigenvalue weighted by Crippen LogP contribution is 2.17. The maximum absolute atomic E-state index is 10.9. The largest absolute Gasteiger partial charge is 0.396 e. The molecule has 2 N–H and O–H groups in total. The zero-order valence-corrected chi connectivity index (χ0v) is 12.5. The average molecular weight is 285 g/mol. The number of nitrogens with zero attached hydrogens (tertiary/aromatic N) is 2. The fourth-order valence-electron chi connectivity index (χ4n) is 1.76. The quantitative estimate of drug-likeness (QED) is 0.729. The maximum atomic E-state index is 10.9. The molecule has 1 heterocycles. The molecular weight excluding hydrogens is 262 g/mol. The van der Waals surface area contributed by atoms with Crippen LogP contribution >= 0.6 is 11.3 Å². The first kappa shape index (κ1) is 16.1. The molecule has 0 saturated carbocycles. The number of anilines is 1. The van der Waals surface area contributed by atoms with Gasteiger partial charge < -0.3 is 10.4 Å². The number of aromatic nitrogens is 1. The highest BCUT2D eigenvalue weighted by molar-refractivity contribution is 7.13. The van der Waals surface area contributed by atoms with Gasteiger partial charge in [-0.2, -0.15) is 0 Å². The number of aliphatic hydroxyl groups is 1. The van der Waals surface area contributed by atoms with Crippen molar-refractivity contribution in [1.29, 1.82) is 0 Å². The van der Waals surface area contributed by atoms with Gasteiger partial charge in [0.05, 0.1) is 5.69 Å². The van der Waals surface area contributed by atoms with Crippen molar-refractivity contribution in [3.63, 3.8) is 0 Å². The van der Waals surface area contributed by atoms with E-state index >= 15 is 0 Å². The molecule has 0 radical (unpaired) electrons. The van der Waals surface area contributed by atoms with Crippen LogP contribution in [0, 0.1) is 0 Å². The van der Waals surface area contributed by atoms with Gasteiger partial charge in [0.1, 0.15) is 0 Å². The predicted molar refractivity (Wildman–Crippen MR) is 78.3 cm³/mol. The van der Waals surface area contributed by atoms with Crippen molar-refractivity contribution in [1.82, 2.24) is 9.88 Å². The van der Waals surface area contributed by atoms with E-state index in [9.17, 15) is 4.79 Å². The summed E-state index contributed by atoms with van der Waals surface area (Å²) in [6, 6.07) is 0. The van der Waals surface area contributed by atoms with Crippen LogP contribution in [0.15, 0.2) is 5.38 Å². The summed E-state index contributed by atoms with van der Waals surface area (Å²) in [7, 11) is 0. The zero-order valence-electron chi connectivity index (χ0n) is 11.7. The van der Waals surface area contributed by atoms with Crippen molar-refractivity contribution < 1.29 is 9.90 Å². The van der Waals surface area contributed by atoms with Crippen LogP contribution in [-0.2, 0) is 11.3 Å². The standard InChI is InChI=1S/C13H23N3O2S/c1-3-4-6-16(7-5-8-17)9-12-10-19-13(15-12)14-11(2)18/h10,17H,3-9H2,1-2H3,(H,14,15,18). The van der Waals surface area contributed by atoms with Gasteiger partial charge in [0.25, 0.3) is 0 Å². The van der Waals surface area contributed by atoms with Crippen LogP contribution in [0.5, 0.6) is 0 Å². The van der Waals surface area contributed by atoms with Crippen molar-refractivity contribution in [3.8, 4) is 0 Å². The zero-order chi connectivity index (χ0) is 14.1. The summed E-state index contributed by atoms with van der Waals surface area (Å²) in [5, 5.41) is 14.2. The average Bonchev–Trinajstić information content (AvgIpc) is 2.79. The summed E-state index contributed by atoms with van der Waals surface area (Å²) in [4.78, 5) is 17.6. The van der Waals surface area contributed by atoms with Crippen molar-refractivity contribution in [3.05, 3.63) is 11.1 Å². The van der Waals surface area contributed by atoms with Crippen molar-refractivity contribution in [2.75, 3.05) is 25.0 Å². The monoisotopic (exact) mass is 285 g/mol. The lowest BCUT2D eigenvalue weighted by Crippen LogP contribution is -2.26. The molecule has 19 heavy (non-hydrogen) atoms. The number of carbonyl (C=O) groups is 1. The van der Waals surface area contributed by atoms with Crippen molar-refractivity contribution in [2.45, 2.75) is 39.7 Å². The molecule has 0 bridgehead atoms. The number of aliphatic hydroxyl groups excluding tert-OH is 1. The molecule has 1 aromatic heterocycles. The predicted octanol–water partition coefficient (Wildman–Crippen LogP) is 2.09. The van der Waals surface area contributed by atoms with Crippen LogP contribution in [0.25, 0.3) is 0 Å². The number of amides is 1. The fourth-order valence-corrected chi connectivity index (χ4v) is 2.51. The van der Waals surface area contributed by atoms with E-state index < -0.39 is 0 Å². The molecule has 0 aromatic carbocycles. The number of hydrogen-bond acceptors (Lipinski definition) is 5. The molecule has 0 aliphatic rings. The van der Waals surface area contributed by atoms with Crippen LogP contribution in [-0.4, -0.2) is 40.6 Å². The summed E-state index contributed by atoms with van der Waals surface area (Å²) in [5.74, 6) is -0.0935. The molecule has 0 saturated heterocycles. The second-order valence-corrected chi connectivity index (χ2v) is 5.39. The molecule has 0 spiro atoms. The minimum absolute atomic E-state index is 0.0935. The number of nitrogens with one attached hydrogen (secondary N) is 1. The Kier molecular flexibility index (Phi) is 7.62. The van der Waals surface area contributed by atoms with Crippen LogP contribution in [0.2, 0.25) is 0 Å². The van der Waals surface area contributed by atoms with Crippen LogP contribution in [0.3, 0.4) is 0 Å². The van der Waals surface area contributed by atoms with Crippen molar-refractivity contribution in [2.24, 2.45) is 0 Å². The van der Waals surface area contributed by atoms with E-state index in [-0.39, 0.29) is 12.5 Å². The molecule has 108 valence electrons. The molecule has 0 fully saturated rings. The van der Waals surface area contributed by atoms with Gasteiger partial charge >= 0.3 is 0 Å². The van der Waals surface area contributed by atoms with E-state index in [2.05, 4.69) is 22.1 Å². The first-order chi connectivity index (χ1) is 9.15. The van der Waals surface area contributed by atoms with E-state index in [1.54, 1.807) is 0 Å². The van der Waals surface area contributed by atoms with E-state index in [0.29, 0.717) is 5.13 Å². The molecule has 0 aliphatic carbocycles. The van der Waals surface area contributed by atoms with Gasteiger partial charge in [0.15, 0.2) is 5.13 Å². The SMILES string of the molecule is CCCCN(CCCO)Cc1csc(NC(C)=O)n1. The van der Waals surface area contributed by atoms with Gasteiger partial charge in [-0.1, -0.05) is 13.3 Å². The Morgan fingerprint density at radius 1 is 1.47 bits per heavy atom. The molecule has 0 unspecified atom stereocenters. The summed E-state index contributed by atoms with van der Waals surface area (Å²) in [5.41, 5.74) is 0.975. The number of thiazole rings is 1. The summed E-state index contributed by atoms with van der Waals surface area (Å²) in [6.45, 7) is 6.54. The normalized spacial score (nSPS) is 10.9. The van der Waals surface area contributed by atoms with Crippen LogP contribution < -0.4 is 5.32 Å². The Morgan fingerprint density at radius 3 is 2.84 bits per heavy atom. The second kappa shape index (κ2) is 9.01. The molecular formula is C13H23N3O2S. The number of unbranched alkanes of at least 4 members (excludes halogenated alkanes) is 1. The fraction of sp³-hybridized carbons (Fsp3) is 0.692. The third-order valence-corrected chi connectivity index (χ3v) is 3.49. The molecule has 5 nitrogen and oxygen atoms in total. The van der Waals surface area contributed by atoms with Gasteiger partial charge in [-0.25, -0.2) is 4.98 Å². The summed E-state index contributed by atoms with van der Waals surface area (Å²) in [6.07, 6.45) is 3.09. The minimum atomic E-state index is -0.0935. The number of rotatable bonds is 9. The Labute approximate surface area is 118 Å². The number of hydrogen-bond donors (Lipinski definition) is 2. The smallest absolute Gasteiger partial charge is 0.223 e. The van der Waals surface area contributed by atoms with E-state index in [4.69, 9.17) is 5.11 Å². The molecule has 6 heteroatoms. The van der Waals surface area contributed by atoms with Gasteiger partial charge in [0, 0.05) is 32.0 Å². The topological polar surface area (TPSA) is 65.5 Å². The van der Waals surface area contributed by atoms with Gasteiger partial charge in [0.2, 0.25) is 5.91 Å².